The third-order valence-electron chi connectivity index (χ3n) is 5.75. The summed E-state index contributed by atoms with van der Waals surface area (Å²) < 4.78 is 21.8. The van der Waals surface area contributed by atoms with E-state index in [0.29, 0.717) is 11.8 Å². The first-order valence-electron chi connectivity index (χ1n) is 11.1. The van der Waals surface area contributed by atoms with Gasteiger partial charge in [-0.3, -0.25) is 44.7 Å². The van der Waals surface area contributed by atoms with Crippen molar-refractivity contribution in [3.8, 4) is 0 Å². The van der Waals surface area contributed by atoms with E-state index in [1.165, 1.54) is 6.92 Å². The van der Waals surface area contributed by atoms with E-state index in [1.54, 1.807) is 0 Å². The van der Waals surface area contributed by atoms with Gasteiger partial charge in [-0.25, -0.2) is 0 Å². The molecule has 0 aromatic carbocycles. The summed E-state index contributed by atoms with van der Waals surface area (Å²) in [5, 5.41) is 25.6. The molecule has 0 aromatic rings. The lowest BCUT2D eigenvalue weighted by Gasteiger charge is -2.46. The van der Waals surface area contributed by atoms with Gasteiger partial charge in [0.25, 0.3) is 0 Å². The Balaban J connectivity index is 2.45. The first-order valence-corrected chi connectivity index (χ1v) is 12.0. The number of carbonyl (C=O) groups excluding carboxylic acids is 4. The summed E-state index contributed by atoms with van der Waals surface area (Å²) in [6, 6.07) is -4.43. The van der Waals surface area contributed by atoms with Gasteiger partial charge in [0.1, 0.15) is 18.1 Å². The maximum absolute atomic E-state index is 12.0. The molecule has 1 aliphatic carbocycles. The van der Waals surface area contributed by atoms with Crippen LogP contribution in [0.3, 0.4) is 0 Å². The summed E-state index contributed by atoms with van der Waals surface area (Å²) in [6.45, 7) is 4.23. The Bertz CT molecular complexity index is 886. The third kappa shape index (κ3) is 8.09. The van der Waals surface area contributed by atoms with Crippen LogP contribution in [0.5, 0.6) is 0 Å². The van der Waals surface area contributed by atoms with Crippen LogP contribution in [0.15, 0.2) is 0 Å². The Morgan fingerprint density at radius 2 is 1.56 bits per heavy atom. The topological polar surface area (TPSA) is 204 Å². The highest BCUT2D eigenvalue weighted by atomic mass is 32.2. The Morgan fingerprint density at radius 3 is 2.06 bits per heavy atom. The first kappa shape index (κ1) is 29.4. The molecule has 8 atom stereocenters. The van der Waals surface area contributed by atoms with Gasteiger partial charge in [-0.05, 0) is 6.42 Å². The molecule has 1 heterocycles. The monoisotopic (exact) mass is 535 g/mol. The summed E-state index contributed by atoms with van der Waals surface area (Å²) in [4.78, 5) is 69.0. The van der Waals surface area contributed by atoms with E-state index in [9.17, 15) is 39.4 Å². The molecule has 0 radical (unpaired) electrons. The number of carbonyl (C=O) groups is 4. The van der Waals surface area contributed by atoms with Gasteiger partial charge in [-0.15, -0.1) is 0 Å². The molecule has 15 nitrogen and oxygen atoms in total. The van der Waals surface area contributed by atoms with Gasteiger partial charge in [0, 0.05) is 44.0 Å². The quantitative estimate of drug-likeness (QED) is 0.182. The van der Waals surface area contributed by atoms with Gasteiger partial charge < -0.3 is 18.9 Å². The maximum Gasteiger partial charge on any atom is 0.303 e. The van der Waals surface area contributed by atoms with E-state index >= 15 is 0 Å². The van der Waals surface area contributed by atoms with Crippen molar-refractivity contribution in [2.45, 2.75) is 94.9 Å². The van der Waals surface area contributed by atoms with Gasteiger partial charge in [-0.2, -0.15) is 0 Å². The van der Waals surface area contributed by atoms with Gasteiger partial charge in [0.2, 0.25) is 12.1 Å². The predicted octanol–water partition coefficient (Wildman–Crippen LogP) is 0.219. The Hall–Kier alpha value is -2.85. The van der Waals surface area contributed by atoms with Crippen molar-refractivity contribution in [1.82, 2.24) is 5.32 Å². The van der Waals surface area contributed by atoms with E-state index in [2.05, 4.69) is 5.32 Å². The van der Waals surface area contributed by atoms with Gasteiger partial charge in [0.15, 0.2) is 17.3 Å². The second kappa shape index (κ2) is 12.9. The van der Waals surface area contributed by atoms with Crippen molar-refractivity contribution in [3.05, 3.63) is 20.2 Å². The molecule has 1 saturated carbocycles. The lowest BCUT2D eigenvalue weighted by atomic mass is 9.86. The minimum Gasteiger partial charge on any atom is -0.463 e. The van der Waals surface area contributed by atoms with Crippen molar-refractivity contribution < 1.29 is 48.0 Å². The molecule has 8 unspecified atom stereocenters. The molecule has 16 heteroatoms. The average molecular weight is 536 g/mol. The minimum atomic E-state index is -1.35. The molecule has 1 N–H and O–H groups in total. The van der Waals surface area contributed by atoms with Crippen LogP contribution in [0.25, 0.3) is 0 Å². The normalized spacial score (nSPS) is 32.1. The number of nitrogens with one attached hydrogen (secondary N) is 1. The van der Waals surface area contributed by atoms with Crippen LogP contribution in [0.1, 0.15) is 47.0 Å². The molecule has 0 amide bonds. The zero-order valence-electron chi connectivity index (χ0n) is 20.1. The average Bonchev–Trinajstić information content (AvgIpc) is 2.75. The number of esters is 3. The van der Waals surface area contributed by atoms with Crippen molar-refractivity contribution in [2.75, 3.05) is 6.61 Å². The summed E-state index contributed by atoms with van der Waals surface area (Å²) in [7, 11) is 0. The van der Waals surface area contributed by atoms with Gasteiger partial charge in [0.05, 0.1) is 18.5 Å². The molecule has 1 saturated heterocycles. The standard InChI is InChI=1S/C20H29N3O12S/c1-9(24)32-8-16-18(33-10(2)25)19(34-11(3)26)17(20(35-16)36-12(4)27)21-14-6-5-13(22(28)29)7-15(14)23(30)31/h13-21H,5-8H2,1-4H3. The second-order valence-electron chi connectivity index (χ2n) is 8.51. The van der Waals surface area contributed by atoms with Crippen LogP contribution in [0.2, 0.25) is 0 Å². The number of ether oxygens (including phenoxy) is 4. The number of hydrogen-bond acceptors (Lipinski definition) is 14. The van der Waals surface area contributed by atoms with Crippen LogP contribution in [0, 0.1) is 20.2 Å². The molecule has 2 fully saturated rings. The maximum atomic E-state index is 12.0. The fourth-order valence-corrected chi connectivity index (χ4v) is 5.24. The molecular formula is C20H29N3O12S. The highest BCUT2D eigenvalue weighted by Gasteiger charge is 2.53. The molecule has 0 aromatic heterocycles. The zero-order valence-corrected chi connectivity index (χ0v) is 21.0. The highest BCUT2D eigenvalue weighted by Crippen LogP contribution is 2.34. The fourth-order valence-electron chi connectivity index (χ4n) is 4.33. The van der Waals surface area contributed by atoms with Crippen LogP contribution in [-0.4, -0.2) is 87.4 Å². The van der Waals surface area contributed by atoms with E-state index in [1.807, 2.05) is 0 Å². The predicted molar refractivity (Wildman–Crippen MR) is 121 cm³/mol. The van der Waals surface area contributed by atoms with E-state index in [4.69, 9.17) is 18.9 Å². The second-order valence-corrected chi connectivity index (χ2v) is 9.78. The van der Waals surface area contributed by atoms with Gasteiger partial charge in [-0.1, -0.05) is 11.8 Å². The van der Waals surface area contributed by atoms with Crippen molar-refractivity contribution >= 4 is 34.8 Å². The van der Waals surface area contributed by atoms with Gasteiger partial charge >= 0.3 is 17.9 Å². The Labute approximate surface area is 210 Å². The number of rotatable bonds is 9. The molecule has 2 rings (SSSR count). The molecule has 0 spiro atoms. The van der Waals surface area contributed by atoms with E-state index < -0.39 is 87.4 Å². The number of thioether (sulfide) groups is 1. The van der Waals surface area contributed by atoms with Crippen molar-refractivity contribution in [1.29, 1.82) is 0 Å². The fraction of sp³-hybridized carbons (Fsp3) is 0.800. The molecule has 202 valence electrons. The summed E-state index contributed by atoms with van der Waals surface area (Å²) >= 11 is 0.703. The first-order chi connectivity index (χ1) is 16.8. The molecule has 0 bridgehead atoms. The number of hydrogen-bond donors (Lipinski definition) is 1. The van der Waals surface area contributed by atoms with Crippen LogP contribution in [0.4, 0.5) is 0 Å². The van der Waals surface area contributed by atoms with Crippen LogP contribution < -0.4 is 5.32 Å². The lowest BCUT2D eigenvalue weighted by molar-refractivity contribution is -0.570. The third-order valence-corrected chi connectivity index (χ3v) is 6.72. The van der Waals surface area contributed by atoms with Crippen molar-refractivity contribution in [3.63, 3.8) is 0 Å². The van der Waals surface area contributed by atoms with Crippen LogP contribution >= 0.6 is 11.8 Å². The zero-order chi connectivity index (χ0) is 27.2. The number of nitrogens with zero attached hydrogens (tertiary/aromatic N) is 2. The lowest BCUT2D eigenvalue weighted by Crippen LogP contribution is -2.67. The number of nitro groups is 2. The molecular weight excluding hydrogens is 506 g/mol. The van der Waals surface area contributed by atoms with E-state index in [-0.39, 0.29) is 19.3 Å². The smallest absolute Gasteiger partial charge is 0.303 e. The largest absolute Gasteiger partial charge is 0.463 e. The minimum absolute atomic E-state index is 0.0488. The summed E-state index contributed by atoms with van der Waals surface area (Å²) in [5.41, 5.74) is -1.10. The Morgan fingerprint density at radius 1 is 0.944 bits per heavy atom. The van der Waals surface area contributed by atoms with Crippen molar-refractivity contribution in [2.24, 2.45) is 0 Å². The molecule has 1 aliphatic heterocycles. The van der Waals surface area contributed by atoms with Crippen LogP contribution in [-0.2, 0) is 38.1 Å². The molecule has 2 aliphatic rings. The highest BCUT2D eigenvalue weighted by molar-refractivity contribution is 8.14. The summed E-state index contributed by atoms with van der Waals surface area (Å²) in [6.07, 6.45) is -3.93. The Kier molecular flexibility index (Phi) is 10.5. The SMILES string of the molecule is CC(=O)OCC1OC(SC(C)=O)C(NC2CCC([N+](=O)[O-])CC2[N+](=O)[O-])C(OC(C)=O)C1OC(C)=O. The molecule has 36 heavy (non-hydrogen) atoms. The van der Waals surface area contributed by atoms with E-state index in [0.717, 1.165) is 20.8 Å². The summed E-state index contributed by atoms with van der Waals surface area (Å²) in [5.74, 6) is -2.19.